The first-order chi connectivity index (χ1) is 11.7. The summed E-state index contributed by atoms with van der Waals surface area (Å²) in [7, 11) is 3.07. The van der Waals surface area contributed by atoms with Gasteiger partial charge < -0.3 is 14.6 Å². The largest absolute Gasteiger partial charge is 0.481 e. The second-order valence-corrected chi connectivity index (χ2v) is 5.35. The Kier molecular flexibility index (Phi) is 4.49. The van der Waals surface area contributed by atoms with Crippen LogP contribution in [0.4, 0.5) is 0 Å². The molecular formula is C20H19NO3. The smallest absolute Gasteiger partial charge is 0.223 e. The zero-order valence-corrected chi connectivity index (χ0v) is 13.6. The Bertz CT molecular complexity index is 764. The summed E-state index contributed by atoms with van der Waals surface area (Å²) in [6.07, 6.45) is 0. The predicted octanol–water partition coefficient (Wildman–Crippen LogP) is 3.38. The predicted molar refractivity (Wildman–Crippen MR) is 92.3 cm³/mol. The van der Waals surface area contributed by atoms with E-state index in [0.717, 1.165) is 11.1 Å². The van der Waals surface area contributed by atoms with Gasteiger partial charge in [-0.2, -0.15) is 4.98 Å². The molecule has 0 radical (unpaired) electrons. The molecule has 3 aromatic rings. The lowest BCUT2D eigenvalue weighted by molar-refractivity contribution is 0.121. The first-order valence-electron chi connectivity index (χ1n) is 7.63. The molecule has 0 fully saturated rings. The van der Waals surface area contributed by atoms with Crippen molar-refractivity contribution < 1.29 is 14.6 Å². The highest BCUT2D eigenvalue weighted by Gasteiger charge is 2.37. The fourth-order valence-electron chi connectivity index (χ4n) is 2.80. The highest BCUT2D eigenvalue weighted by molar-refractivity contribution is 5.51. The Balaban J connectivity index is 2.27. The van der Waals surface area contributed by atoms with E-state index in [1.807, 2.05) is 60.7 Å². The summed E-state index contributed by atoms with van der Waals surface area (Å²) in [6, 6.07) is 22.5. The summed E-state index contributed by atoms with van der Waals surface area (Å²) >= 11 is 0. The van der Waals surface area contributed by atoms with Crippen molar-refractivity contribution in [2.24, 2.45) is 0 Å². The number of aromatic nitrogens is 1. The van der Waals surface area contributed by atoms with Gasteiger partial charge in [0, 0.05) is 6.07 Å². The maximum absolute atomic E-state index is 11.7. The van der Waals surface area contributed by atoms with Crippen LogP contribution in [-0.4, -0.2) is 24.3 Å². The first kappa shape index (κ1) is 16.0. The SMILES string of the molecule is COc1ccc(C(O)(c2ccccc2)c2ccccc2)c(OC)n1. The van der Waals surface area contributed by atoms with Gasteiger partial charge in [-0.05, 0) is 17.2 Å². The molecule has 0 spiro atoms. The molecule has 0 bridgehead atoms. The molecule has 0 saturated carbocycles. The molecule has 0 saturated heterocycles. The lowest BCUT2D eigenvalue weighted by Crippen LogP contribution is -2.29. The van der Waals surface area contributed by atoms with Gasteiger partial charge in [0.1, 0.15) is 5.60 Å². The molecule has 3 rings (SSSR count). The fraction of sp³-hybridized carbons (Fsp3) is 0.150. The third-order valence-corrected chi connectivity index (χ3v) is 4.01. The number of ether oxygens (including phenoxy) is 2. The van der Waals surface area contributed by atoms with Crippen LogP contribution in [0.5, 0.6) is 11.8 Å². The van der Waals surface area contributed by atoms with Crippen molar-refractivity contribution >= 4 is 0 Å². The van der Waals surface area contributed by atoms with E-state index in [0.29, 0.717) is 17.3 Å². The molecular weight excluding hydrogens is 302 g/mol. The number of aliphatic hydroxyl groups is 1. The Morgan fingerprint density at radius 1 is 0.750 bits per heavy atom. The summed E-state index contributed by atoms with van der Waals surface area (Å²) in [5.74, 6) is 0.753. The molecule has 1 N–H and O–H groups in total. The van der Waals surface area contributed by atoms with Crippen LogP contribution in [0.25, 0.3) is 0 Å². The molecule has 0 amide bonds. The van der Waals surface area contributed by atoms with E-state index in [4.69, 9.17) is 9.47 Å². The molecule has 0 unspecified atom stereocenters. The molecule has 0 aliphatic rings. The van der Waals surface area contributed by atoms with Gasteiger partial charge in [-0.15, -0.1) is 0 Å². The quantitative estimate of drug-likeness (QED) is 0.783. The number of hydrogen-bond donors (Lipinski definition) is 1. The number of methoxy groups -OCH3 is 2. The van der Waals surface area contributed by atoms with Crippen LogP contribution in [0, 0.1) is 0 Å². The minimum absolute atomic E-state index is 0.324. The number of benzene rings is 2. The Morgan fingerprint density at radius 2 is 1.29 bits per heavy atom. The van der Waals surface area contributed by atoms with Gasteiger partial charge in [-0.25, -0.2) is 0 Å². The molecule has 2 aromatic carbocycles. The number of nitrogens with zero attached hydrogens (tertiary/aromatic N) is 1. The molecule has 24 heavy (non-hydrogen) atoms. The van der Waals surface area contributed by atoms with Crippen molar-refractivity contribution in [2.75, 3.05) is 14.2 Å². The highest BCUT2D eigenvalue weighted by Crippen LogP contribution is 2.40. The average Bonchev–Trinajstić information content (AvgIpc) is 2.68. The van der Waals surface area contributed by atoms with Gasteiger partial charge in [0.2, 0.25) is 11.8 Å². The van der Waals surface area contributed by atoms with Crippen molar-refractivity contribution in [3.05, 3.63) is 89.5 Å². The summed E-state index contributed by atoms with van der Waals surface area (Å²) in [6.45, 7) is 0. The summed E-state index contributed by atoms with van der Waals surface area (Å²) in [5.41, 5.74) is 0.652. The molecule has 1 heterocycles. The van der Waals surface area contributed by atoms with Crippen molar-refractivity contribution in [1.82, 2.24) is 4.98 Å². The molecule has 4 nitrogen and oxygen atoms in total. The van der Waals surface area contributed by atoms with E-state index < -0.39 is 5.60 Å². The monoisotopic (exact) mass is 321 g/mol. The second kappa shape index (κ2) is 6.72. The van der Waals surface area contributed by atoms with Crippen molar-refractivity contribution in [3.8, 4) is 11.8 Å². The van der Waals surface area contributed by atoms with Crippen molar-refractivity contribution in [3.63, 3.8) is 0 Å². The van der Waals surface area contributed by atoms with E-state index in [9.17, 15) is 5.11 Å². The van der Waals surface area contributed by atoms with Crippen molar-refractivity contribution in [2.45, 2.75) is 5.60 Å². The van der Waals surface area contributed by atoms with Crippen molar-refractivity contribution in [1.29, 1.82) is 0 Å². The molecule has 122 valence electrons. The molecule has 4 heteroatoms. The Hall–Kier alpha value is -2.85. The van der Waals surface area contributed by atoms with Gasteiger partial charge in [0.15, 0.2) is 0 Å². The zero-order chi connectivity index (χ0) is 17.0. The topological polar surface area (TPSA) is 51.6 Å². The third kappa shape index (κ3) is 2.72. The van der Waals surface area contributed by atoms with Crippen LogP contribution in [0.1, 0.15) is 16.7 Å². The maximum atomic E-state index is 11.7. The summed E-state index contributed by atoms with van der Waals surface area (Å²) in [5, 5.41) is 11.7. The second-order valence-electron chi connectivity index (χ2n) is 5.35. The van der Waals surface area contributed by atoms with Crippen LogP contribution in [0.15, 0.2) is 72.8 Å². The maximum Gasteiger partial charge on any atom is 0.223 e. The number of pyridine rings is 1. The summed E-state index contributed by atoms with van der Waals surface area (Å²) < 4.78 is 10.6. The summed E-state index contributed by atoms with van der Waals surface area (Å²) in [4.78, 5) is 4.32. The van der Waals surface area contributed by atoms with Gasteiger partial charge in [0.25, 0.3) is 0 Å². The van der Waals surface area contributed by atoms with Crippen LogP contribution >= 0.6 is 0 Å². The van der Waals surface area contributed by atoms with E-state index in [1.54, 1.807) is 19.2 Å². The van der Waals surface area contributed by atoms with Gasteiger partial charge in [-0.3, -0.25) is 0 Å². The normalized spacial score (nSPS) is 11.1. The van der Waals surface area contributed by atoms with Gasteiger partial charge in [0.05, 0.1) is 19.8 Å². The third-order valence-electron chi connectivity index (χ3n) is 4.01. The van der Waals surface area contributed by atoms with Crippen LogP contribution in [0.2, 0.25) is 0 Å². The Morgan fingerprint density at radius 3 is 1.75 bits per heavy atom. The van der Waals surface area contributed by atoms with E-state index in [2.05, 4.69) is 4.98 Å². The highest BCUT2D eigenvalue weighted by atomic mass is 16.5. The molecule has 1 aromatic heterocycles. The number of rotatable bonds is 5. The van der Waals surface area contributed by atoms with Gasteiger partial charge >= 0.3 is 0 Å². The van der Waals surface area contributed by atoms with Gasteiger partial charge in [-0.1, -0.05) is 60.7 Å². The van der Waals surface area contributed by atoms with Crippen LogP contribution in [0.3, 0.4) is 0 Å². The van der Waals surface area contributed by atoms with E-state index in [-0.39, 0.29) is 0 Å². The fourth-order valence-corrected chi connectivity index (χ4v) is 2.80. The van der Waals surface area contributed by atoms with Crippen LogP contribution < -0.4 is 9.47 Å². The minimum Gasteiger partial charge on any atom is -0.481 e. The zero-order valence-electron chi connectivity index (χ0n) is 13.6. The van der Waals surface area contributed by atoms with E-state index in [1.165, 1.54) is 7.11 Å². The lowest BCUT2D eigenvalue weighted by atomic mass is 9.81. The first-order valence-corrected chi connectivity index (χ1v) is 7.63. The number of hydrogen-bond acceptors (Lipinski definition) is 4. The van der Waals surface area contributed by atoms with E-state index >= 15 is 0 Å². The Labute approximate surface area is 141 Å². The minimum atomic E-state index is -1.38. The lowest BCUT2D eigenvalue weighted by Gasteiger charge is -2.30. The molecule has 0 atom stereocenters. The molecule has 0 aliphatic carbocycles. The standard InChI is InChI=1S/C20H19NO3/c1-23-18-14-13-17(19(21-18)24-2)20(22,15-9-5-3-6-10-15)16-11-7-4-8-12-16/h3-14,22H,1-2H3. The molecule has 0 aliphatic heterocycles. The van der Waals surface area contributed by atoms with Crippen LogP contribution in [-0.2, 0) is 5.60 Å². The average molecular weight is 321 g/mol.